The summed E-state index contributed by atoms with van der Waals surface area (Å²) >= 11 is 0. The summed E-state index contributed by atoms with van der Waals surface area (Å²) in [5, 5.41) is 13.1. The van der Waals surface area contributed by atoms with Crippen LogP contribution in [0.15, 0.2) is 24.3 Å². The van der Waals surface area contributed by atoms with Gasteiger partial charge >= 0.3 is 0 Å². The highest BCUT2D eigenvalue weighted by Gasteiger charge is 2.29. The highest BCUT2D eigenvalue weighted by molar-refractivity contribution is 5.48. The van der Waals surface area contributed by atoms with Gasteiger partial charge in [-0.3, -0.25) is 0 Å². The minimum Gasteiger partial charge on any atom is -0.508 e. The zero-order valence-electron chi connectivity index (χ0n) is 14.5. The molecule has 0 radical (unpaired) electrons. The first-order valence-electron chi connectivity index (χ1n) is 7.96. The molecule has 2 N–H and O–H groups in total. The molecule has 0 aromatic heterocycles. The summed E-state index contributed by atoms with van der Waals surface area (Å²) in [5.41, 5.74) is 1.56. The summed E-state index contributed by atoms with van der Waals surface area (Å²) in [5.74, 6) is 0.318. The lowest BCUT2D eigenvalue weighted by Gasteiger charge is -2.39. The van der Waals surface area contributed by atoms with E-state index in [1.165, 1.54) is 0 Å². The average Bonchev–Trinajstić information content (AvgIpc) is 2.43. The quantitative estimate of drug-likeness (QED) is 0.796. The number of phenolic OH excluding ortho intramolecular Hbond substituents is 1. The smallest absolute Gasteiger partial charge is 0.115 e. The Balaban J connectivity index is 2.78. The lowest BCUT2D eigenvalue weighted by Crippen LogP contribution is -2.48. The van der Waals surface area contributed by atoms with Gasteiger partial charge < -0.3 is 15.3 Å². The van der Waals surface area contributed by atoms with Gasteiger partial charge in [-0.15, -0.1) is 0 Å². The van der Waals surface area contributed by atoms with Gasteiger partial charge in [-0.2, -0.15) is 0 Å². The number of hydrogen-bond acceptors (Lipinski definition) is 3. The van der Waals surface area contributed by atoms with E-state index in [1.807, 2.05) is 12.1 Å². The van der Waals surface area contributed by atoms with Crippen LogP contribution in [0.2, 0.25) is 0 Å². The Labute approximate surface area is 130 Å². The van der Waals surface area contributed by atoms with Crippen molar-refractivity contribution in [3.8, 4) is 5.75 Å². The van der Waals surface area contributed by atoms with E-state index in [9.17, 15) is 5.11 Å². The molecule has 120 valence electrons. The molecule has 0 saturated heterocycles. The number of nitrogens with zero attached hydrogens (tertiary/aromatic N) is 1. The molecule has 3 nitrogen and oxygen atoms in total. The van der Waals surface area contributed by atoms with Crippen LogP contribution in [0.3, 0.4) is 0 Å². The molecule has 0 aliphatic heterocycles. The highest BCUT2D eigenvalue weighted by Crippen LogP contribution is 2.29. The molecule has 0 unspecified atom stereocenters. The Morgan fingerprint density at radius 2 is 1.57 bits per heavy atom. The number of phenols is 1. The van der Waals surface area contributed by atoms with Crippen LogP contribution >= 0.6 is 0 Å². The van der Waals surface area contributed by atoms with Crippen molar-refractivity contribution in [1.82, 2.24) is 5.32 Å². The largest absolute Gasteiger partial charge is 0.508 e. The van der Waals surface area contributed by atoms with Crippen LogP contribution in [-0.2, 0) is 0 Å². The van der Waals surface area contributed by atoms with Gasteiger partial charge in [0.1, 0.15) is 5.75 Å². The molecule has 0 spiro atoms. The predicted molar refractivity (Wildman–Crippen MR) is 92.1 cm³/mol. The van der Waals surface area contributed by atoms with E-state index in [0.29, 0.717) is 5.75 Å². The monoisotopic (exact) mass is 292 g/mol. The van der Waals surface area contributed by atoms with Crippen LogP contribution in [0.5, 0.6) is 5.75 Å². The van der Waals surface area contributed by atoms with Gasteiger partial charge in [0.15, 0.2) is 0 Å². The molecular weight excluding hydrogens is 260 g/mol. The molecule has 0 aliphatic rings. The van der Waals surface area contributed by atoms with E-state index in [2.05, 4.69) is 51.9 Å². The van der Waals surface area contributed by atoms with E-state index in [-0.39, 0.29) is 11.0 Å². The van der Waals surface area contributed by atoms with Gasteiger partial charge in [-0.1, -0.05) is 13.8 Å². The van der Waals surface area contributed by atoms with Crippen molar-refractivity contribution < 1.29 is 5.11 Å². The zero-order chi connectivity index (χ0) is 16.1. The van der Waals surface area contributed by atoms with Gasteiger partial charge in [0, 0.05) is 31.4 Å². The SMILES string of the molecule is CCC(CC)(CNC(C)(C)C)CN(C)c1ccc(O)cc1. The Bertz CT molecular complexity index is 416. The second-order valence-electron chi connectivity index (χ2n) is 7.18. The zero-order valence-corrected chi connectivity index (χ0v) is 14.5. The molecule has 0 amide bonds. The molecule has 0 atom stereocenters. The maximum atomic E-state index is 9.41. The van der Waals surface area contributed by atoms with Crippen molar-refractivity contribution in [1.29, 1.82) is 0 Å². The summed E-state index contributed by atoms with van der Waals surface area (Å²) < 4.78 is 0. The second kappa shape index (κ2) is 7.17. The molecule has 1 aromatic carbocycles. The van der Waals surface area contributed by atoms with Crippen molar-refractivity contribution in [2.75, 3.05) is 25.0 Å². The first-order chi connectivity index (χ1) is 9.71. The van der Waals surface area contributed by atoms with Crippen molar-refractivity contribution >= 4 is 5.69 Å². The van der Waals surface area contributed by atoms with Crippen LogP contribution in [0.4, 0.5) is 5.69 Å². The predicted octanol–water partition coefficient (Wildman–Crippen LogP) is 4.02. The summed E-state index contributed by atoms with van der Waals surface area (Å²) in [6, 6.07) is 7.45. The van der Waals surface area contributed by atoms with Crippen molar-refractivity contribution in [2.45, 2.75) is 53.0 Å². The fourth-order valence-electron chi connectivity index (χ4n) is 2.53. The Morgan fingerprint density at radius 1 is 1.05 bits per heavy atom. The Hall–Kier alpha value is -1.22. The molecule has 0 bridgehead atoms. The van der Waals surface area contributed by atoms with Crippen LogP contribution in [0.1, 0.15) is 47.5 Å². The molecule has 0 heterocycles. The van der Waals surface area contributed by atoms with Gasteiger partial charge in [-0.25, -0.2) is 0 Å². The Morgan fingerprint density at radius 3 is 2.00 bits per heavy atom. The highest BCUT2D eigenvalue weighted by atomic mass is 16.3. The molecular formula is C18H32N2O. The van der Waals surface area contributed by atoms with E-state index >= 15 is 0 Å². The molecule has 21 heavy (non-hydrogen) atoms. The molecule has 0 fully saturated rings. The molecule has 1 rings (SSSR count). The molecule has 0 saturated carbocycles. The topological polar surface area (TPSA) is 35.5 Å². The number of hydrogen-bond donors (Lipinski definition) is 2. The number of benzene rings is 1. The van der Waals surface area contributed by atoms with Crippen LogP contribution in [0.25, 0.3) is 0 Å². The van der Waals surface area contributed by atoms with Gasteiger partial charge in [0.2, 0.25) is 0 Å². The van der Waals surface area contributed by atoms with Gasteiger partial charge in [0.05, 0.1) is 0 Å². The summed E-state index contributed by atoms with van der Waals surface area (Å²) in [6.07, 6.45) is 2.30. The first-order valence-corrected chi connectivity index (χ1v) is 7.96. The average molecular weight is 292 g/mol. The van der Waals surface area contributed by atoms with Gasteiger partial charge in [-0.05, 0) is 63.3 Å². The fourth-order valence-corrected chi connectivity index (χ4v) is 2.53. The third-order valence-electron chi connectivity index (χ3n) is 4.36. The lowest BCUT2D eigenvalue weighted by molar-refractivity contribution is 0.228. The normalized spacial score (nSPS) is 12.5. The van der Waals surface area contributed by atoms with E-state index < -0.39 is 0 Å². The third kappa shape index (κ3) is 5.58. The Kier molecular flexibility index (Phi) is 6.09. The van der Waals surface area contributed by atoms with Crippen molar-refractivity contribution in [3.05, 3.63) is 24.3 Å². The summed E-state index contributed by atoms with van der Waals surface area (Å²) in [6.45, 7) is 13.2. The minimum absolute atomic E-state index is 0.146. The summed E-state index contributed by atoms with van der Waals surface area (Å²) in [7, 11) is 2.13. The minimum atomic E-state index is 0.146. The van der Waals surface area contributed by atoms with E-state index in [1.54, 1.807) is 12.1 Å². The van der Waals surface area contributed by atoms with Crippen molar-refractivity contribution in [2.24, 2.45) is 5.41 Å². The van der Waals surface area contributed by atoms with E-state index in [0.717, 1.165) is 31.6 Å². The molecule has 0 aliphatic carbocycles. The summed E-state index contributed by atoms with van der Waals surface area (Å²) in [4.78, 5) is 2.29. The number of nitrogens with one attached hydrogen (secondary N) is 1. The van der Waals surface area contributed by atoms with Gasteiger partial charge in [0.25, 0.3) is 0 Å². The first kappa shape index (κ1) is 17.8. The van der Waals surface area contributed by atoms with Crippen molar-refractivity contribution in [3.63, 3.8) is 0 Å². The molecule has 1 aromatic rings. The third-order valence-corrected chi connectivity index (χ3v) is 4.36. The number of anilines is 1. The van der Waals surface area contributed by atoms with Crippen LogP contribution in [-0.4, -0.2) is 30.8 Å². The second-order valence-corrected chi connectivity index (χ2v) is 7.18. The van der Waals surface area contributed by atoms with Crippen LogP contribution < -0.4 is 10.2 Å². The number of rotatable bonds is 7. The molecule has 3 heteroatoms. The van der Waals surface area contributed by atoms with E-state index in [4.69, 9.17) is 0 Å². The fraction of sp³-hybridized carbons (Fsp3) is 0.667. The standard InChI is InChI=1S/C18H32N2O/c1-7-18(8-2,13-19-17(3,4)5)14-20(6)15-9-11-16(21)12-10-15/h9-12,19,21H,7-8,13-14H2,1-6H3. The maximum absolute atomic E-state index is 9.41. The maximum Gasteiger partial charge on any atom is 0.115 e. The number of aromatic hydroxyl groups is 1. The lowest BCUT2D eigenvalue weighted by atomic mass is 9.81. The van der Waals surface area contributed by atoms with Crippen LogP contribution in [0, 0.1) is 5.41 Å².